The number of carbonyl (C=O) groups excluding carboxylic acids is 1. The summed E-state index contributed by atoms with van der Waals surface area (Å²) in [6.45, 7) is 5.23. The van der Waals surface area contributed by atoms with Crippen molar-refractivity contribution in [1.82, 2.24) is 9.21 Å². The number of sulfonamides is 1. The molecule has 1 heterocycles. The highest BCUT2D eigenvalue weighted by molar-refractivity contribution is 9.10. The molecule has 0 saturated carbocycles. The topological polar surface area (TPSA) is 57.7 Å². The Kier molecular flexibility index (Phi) is 5.50. The van der Waals surface area contributed by atoms with Crippen molar-refractivity contribution in [3.8, 4) is 0 Å². The van der Waals surface area contributed by atoms with E-state index >= 15 is 0 Å². The zero-order valence-corrected chi connectivity index (χ0v) is 17.2. The maximum absolute atomic E-state index is 12.9. The Labute approximate surface area is 162 Å². The summed E-state index contributed by atoms with van der Waals surface area (Å²) in [5, 5.41) is 0. The smallest absolute Gasteiger partial charge is 0.253 e. The van der Waals surface area contributed by atoms with Crippen LogP contribution >= 0.6 is 15.9 Å². The van der Waals surface area contributed by atoms with Crippen molar-refractivity contribution in [2.24, 2.45) is 0 Å². The number of carbonyl (C=O) groups is 1. The average molecular weight is 437 g/mol. The predicted octanol–water partition coefficient (Wildman–Crippen LogP) is 3.21. The lowest BCUT2D eigenvalue weighted by atomic mass is 10.1. The van der Waals surface area contributed by atoms with Crippen LogP contribution in [0.25, 0.3) is 0 Å². The van der Waals surface area contributed by atoms with Gasteiger partial charge in [-0.15, -0.1) is 0 Å². The van der Waals surface area contributed by atoms with E-state index in [4.69, 9.17) is 0 Å². The maximum Gasteiger partial charge on any atom is 0.253 e. The van der Waals surface area contributed by atoms with Crippen LogP contribution < -0.4 is 0 Å². The van der Waals surface area contributed by atoms with Gasteiger partial charge in [-0.2, -0.15) is 4.31 Å². The first-order chi connectivity index (χ1) is 12.3. The van der Waals surface area contributed by atoms with E-state index in [1.807, 2.05) is 32.0 Å². The molecular formula is C19H21BrN2O3S. The maximum atomic E-state index is 12.9. The van der Waals surface area contributed by atoms with Gasteiger partial charge >= 0.3 is 0 Å². The normalized spacial score (nSPS) is 15.9. The standard InChI is InChI=1S/C19H21BrN2O3S/c1-14-6-7-18(12-15(14)2)26(24,25)22-10-8-21(9-11-22)19(23)16-4-3-5-17(20)13-16/h3-7,12-13H,8-11H2,1-2H3. The number of rotatable bonds is 3. The van der Waals surface area contributed by atoms with Gasteiger partial charge in [-0.1, -0.05) is 28.1 Å². The Hall–Kier alpha value is -1.70. The van der Waals surface area contributed by atoms with Crippen LogP contribution in [0, 0.1) is 13.8 Å². The first kappa shape index (κ1) is 19.1. The molecule has 0 N–H and O–H groups in total. The van der Waals surface area contributed by atoms with Gasteiger partial charge in [-0.05, 0) is 55.3 Å². The molecule has 1 amide bonds. The minimum Gasteiger partial charge on any atom is -0.336 e. The molecule has 0 unspecified atom stereocenters. The molecule has 2 aromatic carbocycles. The van der Waals surface area contributed by atoms with E-state index in [0.29, 0.717) is 36.6 Å². The van der Waals surface area contributed by atoms with E-state index in [1.165, 1.54) is 4.31 Å². The SMILES string of the molecule is Cc1ccc(S(=O)(=O)N2CCN(C(=O)c3cccc(Br)c3)CC2)cc1C. The summed E-state index contributed by atoms with van der Waals surface area (Å²) < 4.78 is 28.0. The van der Waals surface area contributed by atoms with Crippen LogP contribution in [0.3, 0.4) is 0 Å². The molecule has 0 bridgehead atoms. The van der Waals surface area contributed by atoms with Crippen molar-refractivity contribution in [3.05, 3.63) is 63.6 Å². The number of benzene rings is 2. The van der Waals surface area contributed by atoms with Gasteiger partial charge in [-0.3, -0.25) is 4.79 Å². The fourth-order valence-corrected chi connectivity index (χ4v) is 4.87. The molecule has 0 radical (unpaired) electrons. The fraction of sp³-hybridized carbons (Fsp3) is 0.316. The van der Waals surface area contributed by atoms with Gasteiger partial charge in [0.2, 0.25) is 10.0 Å². The van der Waals surface area contributed by atoms with E-state index in [9.17, 15) is 13.2 Å². The number of piperazine rings is 1. The average Bonchev–Trinajstić information content (AvgIpc) is 2.63. The van der Waals surface area contributed by atoms with Crippen molar-refractivity contribution >= 4 is 31.9 Å². The van der Waals surface area contributed by atoms with Crippen molar-refractivity contribution < 1.29 is 13.2 Å². The van der Waals surface area contributed by atoms with Crippen molar-refractivity contribution in [1.29, 1.82) is 0 Å². The van der Waals surface area contributed by atoms with E-state index in [0.717, 1.165) is 15.6 Å². The van der Waals surface area contributed by atoms with Crippen molar-refractivity contribution in [2.45, 2.75) is 18.7 Å². The third kappa shape index (κ3) is 3.84. The minimum absolute atomic E-state index is 0.0745. The largest absolute Gasteiger partial charge is 0.336 e. The Morgan fingerprint density at radius 2 is 1.65 bits per heavy atom. The first-order valence-corrected chi connectivity index (χ1v) is 10.6. The van der Waals surface area contributed by atoms with Crippen LogP contribution in [-0.2, 0) is 10.0 Å². The molecule has 26 heavy (non-hydrogen) atoms. The number of aryl methyl sites for hydroxylation is 2. The second-order valence-electron chi connectivity index (χ2n) is 6.45. The van der Waals surface area contributed by atoms with Crippen LogP contribution in [0.15, 0.2) is 51.8 Å². The molecular weight excluding hydrogens is 416 g/mol. The molecule has 1 saturated heterocycles. The van der Waals surface area contributed by atoms with Crippen molar-refractivity contribution in [2.75, 3.05) is 26.2 Å². The zero-order valence-electron chi connectivity index (χ0n) is 14.8. The van der Waals surface area contributed by atoms with Gasteiger partial charge in [0.25, 0.3) is 5.91 Å². The molecule has 1 fully saturated rings. The van der Waals surface area contributed by atoms with Crippen LogP contribution in [0.1, 0.15) is 21.5 Å². The van der Waals surface area contributed by atoms with Gasteiger partial charge in [0.05, 0.1) is 4.90 Å². The Balaban J connectivity index is 1.71. The number of nitrogens with zero attached hydrogens (tertiary/aromatic N) is 2. The fourth-order valence-electron chi connectivity index (χ4n) is 2.96. The van der Waals surface area contributed by atoms with E-state index < -0.39 is 10.0 Å². The highest BCUT2D eigenvalue weighted by Gasteiger charge is 2.30. The summed E-state index contributed by atoms with van der Waals surface area (Å²) >= 11 is 3.37. The molecule has 0 aliphatic carbocycles. The zero-order chi connectivity index (χ0) is 18.9. The van der Waals surface area contributed by atoms with Crippen molar-refractivity contribution in [3.63, 3.8) is 0 Å². The summed E-state index contributed by atoms with van der Waals surface area (Å²) in [4.78, 5) is 14.6. The molecule has 1 aliphatic rings. The number of halogens is 1. The quantitative estimate of drug-likeness (QED) is 0.741. The summed E-state index contributed by atoms with van der Waals surface area (Å²) in [6.07, 6.45) is 0. The molecule has 0 atom stereocenters. The highest BCUT2D eigenvalue weighted by Crippen LogP contribution is 2.21. The number of amides is 1. The van der Waals surface area contributed by atoms with Gasteiger partial charge in [-0.25, -0.2) is 8.42 Å². The Morgan fingerprint density at radius 3 is 2.27 bits per heavy atom. The van der Waals surface area contributed by atoms with Crippen LogP contribution in [-0.4, -0.2) is 49.7 Å². The van der Waals surface area contributed by atoms with Crippen LogP contribution in [0.4, 0.5) is 0 Å². The van der Waals surface area contributed by atoms with Crippen LogP contribution in [0.5, 0.6) is 0 Å². The summed E-state index contributed by atoms with van der Waals surface area (Å²) in [6, 6.07) is 12.4. The predicted molar refractivity (Wildman–Crippen MR) is 105 cm³/mol. The molecule has 7 heteroatoms. The van der Waals surface area contributed by atoms with Gasteiger partial charge < -0.3 is 4.90 Å². The second-order valence-corrected chi connectivity index (χ2v) is 9.31. The summed E-state index contributed by atoms with van der Waals surface area (Å²) in [5.41, 5.74) is 2.62. The molecule has 3 rings (SSSR count). The third-order valence-electron chi connectivity index (χ3n) is 4.71. The lowest BCUT2D eigenvalue weighted by molar-refractivity contribution is 0.0698. The van der Waals surface area contributed by atoms with E-state index in [-0.39, 0.29) is 5.91 Å². The molecule has 5 nitrogen and oxygen atoms in total. The lowest BCUT2D eigenvalue weighted by Crippen LogP contribution is -2.50. The summed E-state index contributed by atoms with van der Waals surface area (Å²) in [7, 11) is -3.53. The van der Waals surface area contributed by atoms with Gasteiger partial charge in [0.15, 0.2) is 0 Å². The Bertz CT molecular complexity index is 936. The monoisotopic (exact) mass is 436 g/mol. The second kappa shape index (κ2) is 7.50. The molecule has 0 aromatic heterocycles. The molecule has 1 aliphatic heterocycles. The van der Waals surface area contributed by atoms with Gasteiger partial charge in [0, 0.05) is 36.2 Å². The summed E-state index contributed by atoms with van der Waals surface area (Å²) in [5.74, 6) is -0.0745. The number of hydrogen-bond donors (Lipinski definition) is 0. The highest BCUT2D eigenvalue weighted by atomic mass is 79.9. The van der Waals surface area contributed by atoms with E-state index in [1.54, 1.807) is 29.2 Å². The molecule has 2 aromatic rings. The van der Waals surface area contributed by atoms with Crippen LogP contribution in [0.2, 0.25) is 0 Å². The van der Waals surface area contributed by atoms with E-state index in [2.05, 4.69) is 15.9 Å². The number of hydrogen-bond acceptors (Lipinski definition) is 3. The minimum atomic E-state index is -3.53. The first-order valence-electron chi connectivity index (χ1n) is 8.41. The lowest BCUT2D eigenvalue weighted by Gasteiger charge is -2.34. The third-order valence-corrected chi connectivity index (χ3v) is 7.10. The molecule has 0 spiro atoms. The van der Waals surface area contributed by atoms with Gasteiger partial charge in [0.1, 0.15) is 0 Å². The Morgan fingerprint density at radius 1 is 0.962 bits per heavy atom. The molecule has 138 valence electrons.